The van der Waals surface area contributed by atoms with Gasteiger partial charge in [0.05, 0.1) is 9.75 Å². The number of benzene rings is 2. The minimum atomic E-state index is -1.26. The summed E-state index contributed by atoms with van der Waals surface area (Å²) in [5.41, 5.74) is -1.21. The minimum Gasteiger partial charge on any atom is -0.287 e. The molecule has 0 amide bonds. The van der Waals surface area contributed by atoms with E-state index < -0.39 is 51.4 Å². The van der Waals surface area contributed by atoms with Crippen LogP contribution in [-0.2, 0) is 5.41 Å². The standard InChI is InChI=1S/C39H18F4N6O2S2/c1-15-9-39(10-16(15)2)23-7-29(48-33-31(17(11-44)12-45)19-3-25(40)27(42)5-21(19)35(33)50)52-37(23)38-24(39)8-30(53-38)49-34-32(18(13-46)14-47)20-4-26(41)28(43)6-22(20)36(34)51/h3-8,15-16H,9-10H2,1-2H3/t15-,16-/m0/s1. The molecule has 8 nitrogen and oxygen atoms in total. The van der Waals surface area contributed by atoms with Crippen LogP contribution in [0.1, 0.15) is 69.7 Å². The Bertz CT molecular complexity index is 2540. The predicted octanol–water partition coefficient (Wildman–Crippen LogP) is 9.24. The number of ketones is 2. The van der Waals surface area contributed by atoms with Crippen molar-refractivity contribution < 1.29 is 27.2 Å². The van der Waals surface area contributed by atoms with E-state index in [4.69, 9.17) is 0 Å². The molecule has 0 bridgehead atoms. The van der Waals surface area contributed by atoms with Crippen LogP contribution < -0.4 is 0 Å². The summed E-state index contributed by atoms with van der Waals surface area (Å²) in [6, 6.07) is 13.6. The van der Waals surface area contributed by atoms with E-state index in [9.17, 15) is 48.2 Å². The summed E-state index contributed by atoms with van der Waals surface area (Å²) in [5.74, 6) is -5.98. The Balaban J connectivity index is 1.29. The van der Waals surface area contributed by atoms with E-state index in [1.165, 1.54) is 22.7 Å². The maximum absolute atomic E-state index is 14.3. The van der Waals surface area contributed by atoms with E-state index in [0.717, 1.165) is 58.0 Å². The number of aliphatic imine (C=N–C) groups is 2. The molecule has 0 N–H and O–H groups in total. The highest BCUT2D eigenvalue weighted by Crippen LogP contribution is 2.65. The van der Waals surface area contributed by atoms with Gasteiger partial charge in [-0.3, -0.25) is 9.59 Å². The molecule has 1 spiro atoms. The Morgan fingerprint density at radius 1 is 0.623 bits per heavy atom. The number of halogens is 4. The molecule has 1 fully saturated rings. The molecule has 4 aliphatic carbocycles. The van der Waals surface area contributed by atoms with Gasteiger partial charge in [0.15, 0.2) is 23.3 Å². The molecule has 4 aromatic rings. The average Bonchev–Trinajstić information content (AvgIpc) is 3.95. The molecule has 2 aromatic carbocycles. The van der Waals surface area contributed by atoms with Crippen molar-refractivity contribution in [1.82, 2.24) is 0 Å². The van der Waals surface area contributed by atoms with Crippen molar-refractivity contribution in [3.05, 3.63) is 104 Å². The molecule has 53 heavy (non-hydrogen) atoms. The summed E-state index contributed by atoms with van der Waals surface area (Å²) in [6.45, 7) is 4.28. The average molecular weight is 743 g/mol. The van der Waals surface area contributed by atoms with Gasteiger partial charge in [0.2, 0.25) is 11.6 Å². The normalized spacial score (nSPS) is 20.3. The Morgan fingerprint density at radius 3 is 1.30 bits per heavy atom. The number of thiophene rings is 2. The molecule has 0 saturated heterocycles. The van der Waals surface area contributed by atoms with Crippen molar-refractivity contribution in [3.63, 3.8) is 0 Å². The van der Waals surface area contributed by atoms with Gasteiger partial charge >= 0.3 is 0 Å². The SMILES string of the molecule is C[C@H]1CC2(C[C@@H]1C)c1cc(N=C3C(=O)c4cc(F)c(F)cc4C3=C(C#N)C#N)sc1-c1sc(N=C3C(=O)c4cc(F)c(F)cc4C3=C(C#N)C#N)cc12. The number of fused-ring (bicyclic) bond motifs is 7. The first-order chi connectivity index (χ1) is 25.3. The van der Waals surface area contributed by atoms with Gasteiger partial charge in [-0.2, -0.15) is 21.0 Å². The van der Waals surface area contributed by atoms with Crippen LogP contribution in [0, 0.1) is 80.4 Å². The Kier molecular flexibility index (Phi) is 7.57. The van der Waals surface area contributed by atoms with E-state index in [1.807, 2.05) is 12.1 Å². The van der Waals surface area contributed by atoms with Crippen LogP contribution in [-0.4, -0.2) is 23.0 Å². The summed E-state index contributed by atoms with van der Waals surface area (Å²) in [4.78, 5) is 37.9. The molecule has 14 heteroatoms. The Labute approximate surface area is 306 Å². The molecule has 4 aliphatic rings. The van der Waals surface area contributed by atoms with Crippen molar-refractivity contribution in [1.29, 1.82) is 21.0 Å². The second-order valence-electron chi connectivity index (χ2n) is 13.2. The largest absolute Gasteiger partial charge is 0.287 e. The van der Waals surface area contributed by atoms with Crippen molar-refractivity contribution in [2.24, 2.45) is 21.8 Å². The minimum absolute atomic E-state index is 0.104. The topological polar surface area (TPSA) is 154 Å². The third-order valence-corrected chi connectivity index (χ3v) is 12.7. The highest BCUT2D eigenvalue weighted by atomic mass is 32.1. The molecule has 1 saturated carbocycles. The van der Waals surface area contributed by atoms with Gasteiger partial charge in [-0.05, 0) is 72.2 Å². The lowest BCUT2D eigenvalue weighted by atomic mass is 9.77. The second kappa shape index (κ2) is 11.9. The van der Waals surface area contributed by atoms with Crippen LogP contribution in [0.5, 0.6) is 0 Å². The molecule has 0 aliphatic heterocycles. The monoisotopic (exact) mass is 742 g/mol. The van der Waals surface area contributed by atoms with Crippen molar-refractivity contribution in [3.8, 4) is 34.0 Å². The predicted molar refractivity (Wildman–Crippen MR) is 188 cm³/mol. The first-order valence-electron chi connectivity index (χ1n) is 16.0. The van der Waals surface area contributed by atoms with Crippen molar-refractivity contribution in [2.75, 3.05) is 0 Å². The van der Waals surface area contributed by atoms with Gasteiger partial charge in [-0.1, -0.05) is 13.8 Å². The van der Waals surface area contributed by atoms with Crippen LogP contribution in [0.4, 0.5) is 27.6 Å². The summed E-state index contributed by atoms with van der Waals surface area (Å²) < 4.78 is 57.1. The number of allylic oxidation sites excluding steroid dienone is 4. The summed E-state index contributed by atoms with van der Waals surface area (Å²) in [6.07, 6.45) is 1.46. The molecule has 8 rings (SSSR count). The molecule has 0 radical (unpaired) electrons. The van der Waals surface area contributed by atoms with Crippen LogP contribution in [0.25, 0.3) is 20.9 Å². The fourth-order valence-corrected chi connectivity index (χ4v) is 10.3. The number of nitrogens with zero attached hydrogens (tertiary/aromatic N) is 6. The fourth-order valence-electron chi connectivity index (χ4n) is 7.92. The van der Waals surface area contributed by atoms with E-state index in [0.29, 0.717) is 10.0 Å². The molecule has 256 valence electrons. The van der Waals surface area contributed by atoms with Gasteiger partial charge in [0.1, 0.15) is 56.8 Å². The van der Waals surface area contributed by atoms with Crippen LogP contribution >= 0.6 is 22.7 Å². The molecular weight excluding hydrogens is 725 g/mol. The maximum Gasteiger partial charge on any atom is 0.212 e. The number of hydrogen-bond acceptors (Lipinski definition) is 10. The molecule has 2 heterocycles. The zero-order valence-corrected chi connectivity index (χ0v) is 29.0. The molecule has 0 unspecified atom stereocenters. The van der Waals surface area contributed by atoms with Crippen LogP contribution in [0.15, 0.2) is 57.5 Å². The smallest absolute Gasteiger partial charge is 0.212 e. The maximum atomic E-state index is 14.3. The highest BCUT2D eigenvalue weighted by Gasteiger charge is 2.52. The molecular formula is C39H18F4N6O2S2. The van der Waals surface area contributed by atoms with Gasteiger partial charge < -0.3 is 0 Å². The highest BCUT2D eigenvalue weighted by molar-refractivity contribution is 7.26. The third kappa shape index (κ3) is 4.73. The van der Waals surface area contributed by atoms with Crippen molar-refractivity contribution >= 4 is 66.8 Å². The van der Waals surface area contributed by atoms with Crippen molar-refractivity contribution in [2.45, 2.75) is 32.1 Å². The first-order valence-corrected chi connectivity index (χ1v) is 17.6. The Hall–Kier alpha value is -6.32. The summed E-state index contributed by atoms with van der Waals surface area (Å²) in [5, 5.41) is 39.5. The fraction of sp³-hybridized carbons (Fsp3) is 0.179. The van der Waals surface area contributed by atoms with Crippen LogP contribution in [0.3, 0.4) is 0 Å². The third-order valence-electron chi connectivity index (χ3n) is 10.4. The molecule has 2 atom stereocenters. The van der Waals surface area contributed by atoms with E-state index in [2.05, 4.69) is 23.8 Å². The van der Waals surface area contributed by atoms with E-state index >= 15 is 0 Å². The van der Waals surface area contributed by atoms with E-state index in [-0.39, 0.29) is 56.7 Å². The van der Waals surface area contributed by atoms with Gasteiger partial charge in [-0.25, -0.2) is 27.5 Å². The lowest BCUT2D eigenvalue weighted by molar-refractivity contribution is 0.106. The zero-order chi connectivity index (χ0) is 37.7. The Morgan fingerprint density at radius 2 is 0.962 bits per heavy atom. The van der Waals surface area contributed by atoms with E-state index in [1.54, 1.807) is 24.3 Å². The number of carbonyl (C=O) groups excluding carboxylic acids is 2. The lowest BCUT2D eigenvalue weighted by Crippen LogP contribution is -2.20. The summed E-state index contributed by atoms with van der Waals surface area (Å²) in [7, 11) is 0. The number of hydrogen-bond donors (Lipinski definition) is 0. The number of Topliss-reactive ketones (excluding diaryl/α,β-unsaturated/α-hetero) is 2. The first kappa shape index (κ1) is 33.8. The number of rotatable bonds is 2. The van der Waals surface area contributed by atoms with Crippen LogP contribution in [0.2, 0.25) is 0 Å². The number of carbonyl (C=O) groups is 2. The quantitative estimate of drug-likeness (QED) is 0.147. The molecule has 2 aromatic heterocycles. The second-order valence-corrected chi connectivity index (χ2v) is 15.3. The van der Waals surface area contributed by atoms with Gasteiger partial charge in [-0.15, -0.1) is 22.7 Å². The number of nitriles is 4. The van der Waals surface area contributed by atoms with Gasteiger partial charge in [0.25, 0.3) is 0 Å². The van der Waals surface area contributed by atoms with Gasteiger partial charge in [0, 0.05) is 38.8 Å². The lowest BCUT2D eigenvalue weighted by Gasteiger charge is -2.25. The zero-order valence-electron chi connectivity index (χ0n) is 27.4. The summed E-state index contributed by atoms with van der Waals surface area (Å²) >= 11 is 2.47.